The normalized spacial score (nSPS) is 14.8. The van der Waals surface area contributed by atoms with Gasteiger partial charge in [-0.1, -0.05) is 45.0 Å². The Morgan fingerprint density at radius 2 is 1.72 bits per heavy atom. The van der Waals surface area contributed by atoms with E-state index in [1.54, 1.807) is 11.0 Å². The fraction of sp³-hybridized carbons (Fsp3) is 0.300. The topological polar surface area (TPSA) is 123 Å². The van der Waals surface area contributed by atoms with E-state index >= 15 is 0 Å². The summed E-state index contributed by atoms with van der Waals surface area (Å²) in [7, 11) is 0. The van der Waals surface area contributed by atoms with Gasteiger partial charge in [-0.2, -0.15) is 10.4 Å². The summed E-state index contributed by atoms with van der Waals surface area (Å²) in [6, 6.07) is 19.4. The number of aromatic nitrogens is 4. The second-order valence-corrected chi connectivity index (χ2v) is 10.7. The van der Waals surface area contributed by atoms with Crippen molar-refractivity contribution < 1.29 is 9.53 Å². The van der Waals surface area contributed by atoms with Gasteiger partial charge in [-0.05, 0) is 54.7 Å². The molecule has 4 aromatic rings. The number of ether oxygens (including phenoxy) is 1. The highest BCUT2D eigenvalue weighted by Gasteiger charge is 2.29. The Hall–Kier alpha value is -4.71. The first-order valence-electron chi connectivity index (χ1n) is 13.0. The number of para-hydroxylation sites is 1. The third kappa shape index (κ3) is 5.60. The average Bonchev–Trinajstić information content (AvgIpc) is 3.33. The van der Waals surface area contributed by atoms with Gasteiger partial charge in [0, 0.05) is 18.7 Å². The zero-order valence-corrected chi connectivity index (χ0v) is 22.3. The van der Waals surface area contributed by atoms with E-state index in [0.717, 1.165) is 11.3 Å². The number of nitrogens with zero attached hydrogens (tertiary/aromatic N) is 6. The molecular weight excluding hydrogens is 490 g/mol. The van der Waals surface area contributed by atoms with Crippen LogP contribution in [0, 0.1) is 16.7 Å². The molecule has 1 aliphatic rings. The van der Waals surface area contributed by atoms with Crippen LogP contribution in [0.2, 0.25) is 0 Å². The minimum atomic E-state index is -0.255. The Morgan fingerprint density at radius 3 is 2.36 bits per heavy atom. The molecule has 0 aliphatic carbocycles. The second kappa shape index (κ2) is 10.6. The van der Waals surface area contributed by atoms with Gasteiger partial charge in [-0.25, -0.2) is 14.6 Å². The lowest BCUT2D eigenvalue weighted by atomic mass is 9.93. The standard InChI is InChI=1S/C30H31N7O2/c1-30(2,3)17-21(18-31)29(38)36-15-13-22(14-16-36)37-28-25(27(32)33-19-34-28)26(35-37)20-9-11-24(12-10-20)39-23-7-5-4-6-8-23/h4-12,17,19,22H,13-16H2,1-3H3,(H2,32,33,34)/b21-17+. The van der Waals surface area contributed by atoms with Crippen molar-refractivity contribution in [2.24, 2.45) is 5.41 Å². The Morgan fingerprint density at radius 1 is 1.05 bits per heavy atom. The van der Waals surface area contributed by atoms with Crippen molar-refractivity contribution in [2.75, 3.05) is 18.8 Å². The van der Waals surface area contributed by atoms with Crippen LogP contribution < -0.4 is 10.5 Å². The number of amides is 1. The molecule has 0 unspecified atom stereocenters. The monoisotopic (exact) mass is 521 g/mol. The fourth-order valence-corrected chi connectivity index (χ4v) is 4.82. The lowest BCUT2D eigenvalue weighted by Crippen LogP contribution is -2.40. The van der Waals surface area contributed by atoms with Crippen LogP contribution in [0.4, 0.5) is 5.82 Å². The number of nitriles is 1. The summed E-state index contributed by atoms with van der Waals surface area (Å²) in [6.07, 6.45) is 4.56. The molecule has 198 valence electrons. The molecular formula is C30H31N7O2. The highest BCUT2D eigenvalue weighted by Crippen LogP contribution is 2.35. The second-order valence-electron chi connectivity index (χ2n) is 10.7. The number of rotatable bonds is 5. The van der Waals surface area contributed by atoms with Crippen LogP contribution in [0.1, 0.15) is 39.7 Å². The van der Waals surface area contributed by atoms with Crippen LogP contribution in [0.3, 0.4) is 0 Å². The average molecular weight is 522 g/mol. The molecule has 1 aliphatic heterocycles. The van der Waals surface area contributed by atoms with E-state index in [2.05, 4.69) is 16.0 Å². The molecule has 5 rings (SSSR count). The maximum absolute atomic E-state index is 13.0. The van der Waals surface area contributed by atoms with Gasteiger partial charge < -0.3 is 15.4 Å². The Kier molecular flexibility index (Phi) is 7.03. The fourth-order valence-electron chi connectivity index (χ4n) is 4.82. The van der Waals surface area contributed by atoms with Gasteiger partial charge >= 0.3 is 0 Å². The predicted octanol–water partition coefficient (Wildman–Crippen LogP) is 5.53. The summed E-state index contributed by atoms with van der Waals surface area (Å²) in [5.74, 6) is 1.62. The quantitative estimate of drug-likeness (QED) is 0.271. The number of fused-ring (bicyclic) bond motifs is 1. The molecule has 9 heteroatoms. The minimum Gasteiger partial charge on any atom is -0.457 e. The van der Waals surface area contributed by atoms with Crippen molar-refractivity contribution in [1.82, 2.24) is 24.6 Å². The number of piperidine rings is 1. The van der Waals surface area contributed by atoms with Gasteiger partial charge in [0.25, 0.3) is 5.91 Å². The van der Waals surface area contributed by atoms with Crippen molar-refractivity contribution in [1.29, 1.82) is 5.26 Å². The van der Waals surface area contributed by atoms with Gasteiger partial charge in [0.2, 0.25) is 0 Å². The number of nitrogen functional groups attached to an aromatic ring is 1. The van der Waals surface area contributed by atoms with Crippen LogP contribution in [-0.2, 0) is 4.79 Å². The maximum atomic E-state index is 13.0. The molecule has 1 saturated heterocycles. The third-order valence-corrected chi connectivity index (χ3v) is 6.65. The molecule has 0 spiro atoms. The van der Waals surface area contributed by atoms with Crippen molar-refractivity contribution >= 4 is 22.8 Å². The number of benzene rings is 2. The highest BCUT2D eigenvalue weighted by molar-refractivity contribution is 5.98. The Bertz CT molecular complexity index is 1550. The number of nitrogens with two attached hydrogens (primary N) is 1. The number of carbonyl (C=O) groups is 1. The predicted molar refractivity (Wildman–Crippen MR) is 150 cm³/mol. The molecule has 0 radical (unpaired) electrons. The minimum absolute atomic E-state index is 0.0254. The molecule has 9 nitrogen and oxygen atoms in total. The number of likely N-dealkylation sites (tertiary alicyclic amines) is 1. The van der Waals surface area contributed by atoms with E-state index in [1.165, 1.54) is 6.33 Å². The summed E-state index contributed by atoms with van der Waals surface area (Å²) in [4.78, 5) is 23.5. The summed E-state index contributed by atoms with van der Waals surface area (Å²) in [6.45, 7) is 6.97. The first-order valence-corrected chi connectivity index (χ1v) is 13.0. The summed E-state index contributed by atoms with van der Waals surface area (Å²) in [5.41, 5.74) is 8.48. The van der Waals surface area contributed by atoms with Gasteiger partial charge in [0.15, 0.2) is 5.65 Å². The highest BCUT2D eigenvalue weighted by atomic mass is 16.5. The van der Waals surface area contributed by atoms with E-state index < -0.39 is 0 Å². The number of hydrogen-bond acceptors (Lipinski definition) is 7. The Balaban J connectivity index is 1.38. The molecule has 1 fully saturated rings. The number of allylic oxidation sites excluding steroid dienone is 1. The van der Waals surface area contributed by atoms with Crippen molar-refractivity contribution in [3.63, 3.8) is 0 Å². The number of anilines is 1. The zero-order valence-electron chi connectivity index (χ0n) is 22.3. The number of carbonyl (C=O) groups excluding carboxylic acids is 1. The molecule has 2 N–H and O–H groups in total. The first-order chi connectivity index (χ1) is 18.7. The van der Waals surface area contributed by atoms with E-state index in [0.29, 0.717) is 54.2 Å². The lowest BCUT2D eigenvalue weighted by molar-refractivity contribution is -0.128. The first kappa shape index (κ1) is 25.9. The molecule has 0 bridgehead atoms. The van der Waals surface area contributed by atoms with E-state index in [1.807, 2.05) is 80.1 Å². The zero-order chi connectivity index (χ0) is 27.6. The molecule has 2 aromatic carbocycles. The van der Waals surface area contributed by atoms with Gasteiger partial charge in [0.05, 0.1) is 11.4 Å². The van der Waals surface area contributed by atoms with Crippen molar-refractivity contribution in [3.05, 3.63) is 72.6 Å². The van der Waals surface area contributed by atoms with Crippen LogP contribution >= 0.6 is 0 Å². The van der Waals surface area contributed by atoms with Crippen LogP contribution in [0.25, 0.3) is 22.3 Å². The van der Waals surface area contributed by atoms with Crippen LogP contribution in [0.15, 0.2) is 72.6 Å². The Labute approximate surface area is 227 Å². The summed E-state index contributed by atoms with van der Waals surface area (Å²) >= 11 is 0. The molecule has 0 atom stereocenters. The third-order valence-electron chi connectivity index (χ3n) is 6.65. The largest absolute Gasteiger partial charge is 0.457 e. The molecule has 2 aromatic heterocycles. The van der Waals surface area contributed by atoms with Crippen LogP contribution in [-0.4, -0.2) is 43.6 Å². The number of hydrogen-bond donors (Lipinski definition) is 1. The van der Waals surface area contributed by atoms with E-state index in [4.69, 9.17) is 15.6 Å². The van der Waals surface area contributed by atoms with E-state index in [9.17, 15) is 10.1 Å². The maximum Gasteiger partial charge on any atom is 0.264 e. The lowest BCUT2D eigenvalue weighted by Gasteiger charge is -2.32. The molecule has 39 heavy (non-hydrogen) atoms. The van der Waals surface area contributed by atoms with Crippen molar-refractivity contribution in [2.45, 2.75) is 39.7 Å². The van der Waals surface area contributed by atoms with Gasteiger partial charge in [-0.3, -0.25) is 4.79 Å². The SMILES string of the molecule is CC(C)(C)/C=C(\C#N)C(=O)N1CCC(n2nc(-c3ccc(Oc4ccccc4)cc3)c3c(N)ncnc32)CC1. The van der Waals surface area contributed by atoms with E-state index in [-0.39, 0.29) is 22.9 Å². The van der Waals surface area contributed by atoms with Gasteiger partial charge in [0.1, 0.15) is 41.0 Å². The molecule has 0 saturated carbocycles. The van der Waals surface area contributed by atoms with Crippen molar-refractivity contribution in [3.8, 4) is 28.8 Å². The molecule has 3 heterocycles. The van der Waals surface area contributed by atoms with Gasteiger partial charge in [-0.15, -0.1) is 0 Å². The summed E-state index contributed by atoms with van der Waals surface area (Å²) in [5, 5.41) is 15.2. The molecule has 1 amide bonds. The smallest absolute Gasteiger partial charge is 0.264 e. The summed E-state index contributed by atoms with van der Waals surface area (Å²) < 4.78 is 7.84. The van der Waals surface area contributed by atoms with Crippen LogP contribution in [0.5, 0.6) is 11.5 Å².